The largest absolute Gasteiger partial charge is 0.458 e. The highest BCUT2D eigenvalue weighted by atomic mass is 32.2. The summed E-state index contributed by atoms with van der Waals surface area (Å²) < 4.78 is 84.7. The number of rotatable bonds is 11. The van der Waals surface area contributed by atoms with Gasteiger partial charge in [0, 0.05) is 25.7 Å². The third-order valence-electron chi connectivity index (χ3n) is 9.20. The van der Waals surface area contributed by atoms with Crippen molar-refractivity contribution >= 4 is 34.0 Å². The van der Waals surface area contributed by atoms with Gasteiger partial charge in [0.1, 0.15) is 12.2 Å². The van der Waals surface area contributed by atoms with E-state index in [4.69, 9.17) is 23.5 Å². The van der Waals surface area contributed by atoms with Crippen molar-refractivity contribution in [3.63, 3.8) is 0 Å². The SMILES string of the molecule is CC(OC(=O)CCC(=O)OC1C2CC3C1OC(=O)C3C2C(=O)OC(C)(C)OC1CC2CCC1C2)C(F)(F)S(=O)(=O)O. The second-order valence-corrected chi connectivity index (χ2v) is 13.8. The Kier molecular flexibility index (Phi) is 7.63. The maximum Gasteiger partial charge on any atom is 0.405 e. The maximum absolute atomic E-state index is 13.6. The molecule has 5 fully saturated rings. The summed E-state index contributed by atoms with van der Waals surface area (Å²) in [6.45, 7) is 3.89. The number of alkyl halides is 2. The summed E-state index contributed by atoms with van der Waals surface area (Å²) in [7, 11) is -5.83. The number of hydrogen-bond acceptors (Lipinski definition) is 11. The van der Waals surface area contributed by atoms with Gasteiger partial charge in [0.05, 0.1) is 30.8 Å². The fourth-order valence-electron chi connectivity index (χ4n) is 7.45. The average Bonchev–Trinajstić information content (AvgIpc) is 3.64. The van der Waals surface area contributed by atoms with Crippen LogP contribution in [0.5, 0.6) is 0 Å². The number of carbonyl (C=O) groups excluding carboxylic acids is 4. The molecular formula is C26H34F2O12S. The number of fused-ring (bicyclic) bond motifs is 3. The normalized spacial score (nSPS) is 36.2. The maximum atomic E-state index is 13.6. The van der Waals surface area contributed by atoms with Gasteiger partial charge in [-0.1, -0.05) is 0 Å². The minimum absolute atomic E-state index is 0.0000513. The Balaban J connectivity index is 1.16. The van der Waals surface area contributed by atoms with Crippen molar-refractivity contribution < 1.29 is 64.6 Å². The first-order valence-electron chi connectivity index (χ1n) is 13.8. The van der Waals surface area contributed by atoms with E-state index in [-0.39, 0.29) is 12.0 Å². The van der Waals surface area contributed by atoms with E-state index in [0.29, 0.717) is 25.2 Å². The molecule has 12 nitrogen and oxygen atoms in total. The van der Waals surface area contributed by atoms with Gasteiger partial charge in [0.25, 0.3) is 0 Å². The first-order chi connectivity index (χ1) is 19.0. The van der Waals surface area contributed by atoms with Crippen LogP contribution in [0.25, 0.3) is 0 Å². The summed E-state index contributed by atoms with van der Waals surface area (Å²) in [5.41, 5.74) is 0. The zero-order valence-electron chi connectivity index (χ0n) is 22.8. The molecular weight excluding hydrogens is 574 g/mol. The van der Waals surface area contributed by atoms with Crippen LogP contribution in [0.2, 0.25) is 0 Å². The number of esters is 4. The van der Waals surface area contributed by atoms with Gasteiger partial charge in [-0.05, 0) is 50.9 Å². The lowest BCUT2D eigenvalue weighted by atomic mass is 9.78. The quantitative estimate of drug-likeness (QED) is 0.158. The number of carbonyl (C=O) groups is 4. The van der Waals surface area contributed by atoms with Crippen molar-refractivity contribution in [2.24, 2.45) is 35.5 Å². The highest BCUT2D eigenvalue weighted by Crippen LogP contribution is 2.59. The van der Waals surface area contributed by atoms with Crippen molar-refractivity contribution in [2.75, 3.05) is 0 Å². The van der Waals surface area contributed by atoms with Crippen LogP contribution in [0.4, 0.5) is 8.78 Å². The number of halogens is 2. The average molecular weight is 609 g/mol. The van der Waals surface area contributed by atoms with Crippen molar-refractivity contribution in [3.8, 4) is 0 Å². The predicted octanol–water partition coefficient (Wildman–Crippen LogP) is 2.38. The summed E-state index contributed by atoms with van der Waals surface area (Å²) in [5, 5.41) is -4.74. The fraction of sp³-hybridized carbons (Fsp3) is 0.846. The van der Waals surface area contributed by atoms with Crippen LogP contribution in [-0.2, 0) is 53.0 Å². The highest BCUT2D eigenvalue weighted by Gasteiger charge is 2.70. The molecule has 1 aliphatic heterocycles. The summed E-state index contributed by atoms with van der Waals surface area (Å²) in [5.74, 6) is -6.21. The first-order valence-corrected chi connectivity index (χ1v) is 15.3. The molecule has 1 N–H and O–H groups in total. The van der Waals surface area contributed by atoms with Crippen LogP contribution in [0.3, 0.4) is 0 Å². The van der Waals surface area contributed by atoms with Crippen molar-refractivity contribution in [1.82, 2.24) is 0 Å². The van der Waals surface area contributed by atoms with Gasteiger partial charge >= 0.3 is 39.2 Å². The summed E-state index contributed by atoms with van der Waals surface area (Å²) >= 11 is 0. The number of ether oxygens (including phenoxy) is 5. The Morgan fingerprint density at radius 2 is 1.76 bits per heavy atom. The highest BCUT2D eigenvalue weighted by molar-refractivity contribution is 7.86. The fourth-order valence-corrected chi connectivity index (χ4v) is 7.92. The first kappa shape index (κ1) is 30.1. The lowest BCUT2D eigenvalue weighted by molar-refractivity contribution is -0.244. The molecule has 0 amide bonds. The summed E-state index contributed by atoms with van der Waals surface area (Å²) in [4.78, 5) is 50.5. The predicted molar refractivity (Wildman–Crippen MR) is 130 cm³/mol. The Morgan fingerprint density at radius 3 is 2.37 bits per heavy atom. The van der Waals surface area contributed by atoms with Gasteiger partial charge in [0.2, 0.25) is 5.79 Å². The van der Waals surface area contributed by atoms with Crippen LogP contribution in [0, 0.1) is 35.5 Å². The third-order valence-corrected chi connectivity index (χ3v) is 10.2. The van der Waals surface area contributed by atoms with Crippen LogP contribution in [-0.4, -0.2) is 72.3 Å². The zero-order valence-corrected chi connectivity index (χ0v) is 23.6. The van der Waals surface area contributed by atoms with Crippen LogP contribution < -0.4 is 0 Å². The second-order valence-electron chi connectivity index (χ2n) is 12.3. The van der Waals surface area contributed by atoms with Gasteiger partial charge in [-0.3, -0.25) is 23.7 Å². The van der Waals surface area contributed by atoms with E-state index in [1.165, 1.54) is 6.42 Å². The van der Waals surface area contributed by atoms with E-state index in [1.54, 1.807) is 13.8 Å². The van der Waals surface area contributed by atoms with Gasteiger partial charge in [0.15, 0.2) is 6.10 Å². The van der Waals surface area contributed by atoms with E-state index in [1.807, 2.05) is 0 Å². The molecule has 0 aromatic carbocycles. The smallest absolute Gasteiger partial charge is 0.405 e. The molecule has 10 unspecified atom stereocenters. The molecule has 0 aromatic heterocycles. The molecule has 0 radical (unpaired) electrons. The van der Waals surface area contributed by atoms with Crippen LogP contribution in [0.1, 0.15) is 65.7 Å². The lowest BCUT2D eigenvalue weighted by Crippen LogP contribution is -2.46. The van der Waals surface area contributed by atoms with E-state index >= 15 is 0 Å². The molecule has 15 heteroatoms. The number of hydrogen-bond donors (Lipinski definition) is 1. The monoisotopic (exact) mass is 608 g/mol. The van der Waals surface area contributed by atoms with E-state index in [0.717, 1.165) is 19.3 Å². The van der Waals surface area contributed by atoms with Crippen molar-refractivity contribution in [1.29, 1.82) is 0 Å². The Labute approximate surface area is 235 Å². The topological polar surface area (TPSA) is 169 Å². The van der Waals surface area contributed by atoms with Crippen LogP contribution in [0.15, 0.2) is 0 Å². The molecule has 1 heterocycles. The molecule has 10 atom stereocenters. The van der Waals surface area contributed by atoms with Gasteiger partial charge in [-0.15, -0.1) is 0 Å². The van der Waals surface area contributed by atoms with Gasteiger partial charge in [-0.25, -0.2) is 0 Å². The third kappa shape index (κ3) is 5.56. The standard InChI is InChI=1S/C26H34F2O12S/c1-11(26(27,28)41(33,34)35)36-17(29)6-7-18(30)37-21-15-10-14-19(23(31)38-22(14)21)20(15)24(32)40-25(2,3)39-16-9-12-4-5-13(16)8-12/h11-16,19-22H,4-10H2,1-3H3,(H,33,34,35). The minimum atomic E-state index is -5.83. The molecule has 5 rings (SSSR count). The van der Waals surface area contributed by atoms with E-state index < -0.39 is 93.9 Å². The molecule has 1 saturated heterocycles. The van der Waals surface area contributed by atoms with Crippen molar-refractivity contribution in [2.45, 2.75) is 101 Å². The molecule has 230 valence electrons. The second kappa shape index (κ2) is 10.4. The van der Waals surface area contributed by atoms with Crippen molar-refractivity contribution in [3.05, 3.63) is 0 Å². The Hall–Kier alpha value is -2.39. The molecule has 41 heavy (non-hydrogen) atoms. The summed E-state index contributed by atoms with van der Waals surface area (Å²) in [6, 6.07) is 0. The lowest BCUT2D eigenvalue weighted by Gasteiger charge is -2.35. The Morgan fingerprint density at radius 1 is 1.07 bits per heavy atom. The van der Waals surface area contributed by atoms with Crippen LogP contribution >= 0.6 is 0 Å². The van der Waals surface area contributed by atoms with Gasteiger partial charge < -0.3 is 23.7 Å². The van der Waals surface area contributed by atoms with Gasteiger partial charge in [-0.2, -0.15) is 17.2 Å². The molecule has 5 aliphatic rings. The molecule has 0 spiro atoms. The molecule has 4 saturated carbocycles. The molecule has 4 aliphatic carbocycles. The zero-order chi connectivity index (χ0) is 30.1. The molecule has 0 aromatic rings. The summed E-state index contributed by atoms with van der Waals surface area (Å²) in [6.07, 6.45) is -0.889. The van der Waals surface area contributed by atoms with E-state index in [2.05, 4.69) is 4.74 Å². The minimum Gasteiger partial charge on any atom is -0.458 e. The Bertz CT molecular complexity index is 1220. The molecule has 4 bridgehead atoms. The van der Waals surface area contributed by atoms with E-state index in [9.17, 15) is 36.4 Å².